The van der Waals surface area contributed by atoms with Crippen LogP contribution in [0.5, 0.6) is 0 Å². The number of nitrogens with zero attached hydrogens (tertiary/aromatic N) is 1. The first kappa shape index (κ1) is 21.8. The number of fused-ring (bicyclic) bond motifs is 2. The number of ether oxygens (including phenoxy) is 2. The molecule has 1 aromatic carbocycles. The zero-order valence-corrected chi connectivity index (χ0v) is 19.0. The summed E-state index contributed by atoms with van der Waals surface area (Å²) in [6.07, 6.45) is -1.39. The highest BCUT2D eigenvalue weighted by molar-refractivity contribution is 7.12. The molecule has 0 bridgehead atoms. The van der Waals surface area contributed by atoms with Crippen LogP contribution < -0.4 is 0 Å². The van der Waals surface area contributed by atoms with Gasteiger partial charge in [0.15, 0.2) is 0 Å². The lowest BCUT2D eigenvalue weighted by molar-refractivity contribution is -0.362. The van der Waals surface area contributed by atoms with Crippen LogP contribution in [0, 0.1) is 0 Å². The number of aliphatic hydroxyl groups is 3. The van der Waals surface area contributed by atoms with Gasteiger partial charge in [-0.1, -0.05) is 11.6 Å². The van der Waals surface area contributed by atoms with Gasteiger partial charge in [0.05, 0.1) is 12.7 Å². The molecular formula is C23H28ClNO5S. The van der Waals surface area contributed by atoms with Crippen LogP contribution in [-0.4, -0.2) is 57.7 Å². The first-order valence-corrected chi connectivity index (χ1v) is 12.0. The van der Waals surface area contributed by atoms with Crippen molar-refractivity contribution in [3.8, 4) is 0 Å². The van der Waals surface area contributed by atoms with E-state index in [1.807, 2.05) is 12.1 Å². The fraction of sp³-hybridized carbons (Fsp3) is 0.565. The monoisotopic (exact) mass is 465 g/mol. The van der Waals surface area contributed by atoms with Crippen LogP contribution in [0.3, 0.4) is 0 Å². The normalized spacial score (nSPS) is 33.3. The summed E-state index contributed by atoms with van der Waals surface area (Å²) in [5, 5.41) is 31.9. The predicted molar refractivity (Wildman–Crippen MR) is 118 cm³/mol. The third-order valence-electron chi connectivity index (χ3n) is 6.65. The van der Waals surface area contributed by atoms with Crippen molar-refractivity contribution in [3.05, 3.63) is 55.7 Å². The van der Waals surface area contributed by atoms with E-state index in [0.717, 1.165) is 17.7 Å². The Labute approximate surface area is 191 Å². The van der Waals surface area contributed by atoms with Crippen molar-refractivity contribution in [2.45, 2.75) is 69.5 Å². The van der Waals surface area contributed by atoms with Gasteiger partial charge in [-0.05, 0) is 68.2 Å². The third-order valence-corrected chi connectivity index (χ3v) is 8.08. The van der Waals surface area contributed by atoms with E-state index in [1.165, 1.54) is 35.7 Å². The summed E-state index contributed by atoms with van der Waals surface area (Å²) in [6.45, 7) is 5.23. The van der Waals surface area contributed by atoms with Gasteiger partial charge in [-0.2, -0.15) is 0 Å². The molecule has 1 aromatic heterocycles. The lowest BCUT2D eigenvalue weighted by Gasteiger charge is -2.45. The van der Waals surface area contributed by atoms with Crippen LogP contribution in [-0.2, 0) is 34.8 Å². The molecule has 2 fully saturated rings. The average Bonchev–Trinajstić information content (AvgIpc) is 3.48. The largest absolute Gasteiger partial charge is 0.388 e. The number of rotatable bonds is 4. The van der Waals surface area contributed by atoms with Gasteiger partial charge < -0.3 is 24.8 Å². The van der Waals surface area contributed by atoms with Gasteiger partial charge in [-0.25, -0.2) is 0 Å². The van der Waals surface area contributed by atoms with Crippen molar-refractivity contribution in [1.29, 1.82) is 0 Å². The molecule has 0 unspecified atom stereocenters. The highest BCUT2D eigenvalue weighted by Gasteiger charge is 2.57. The van der Waals surface area contributed by atoms with Crippen LogP contribution in [0.2, 0.25) is 5.02 Å². The lowest BCUT2D eigenvalue weighted by atomic mass is 9.87. The smallest absolute Gasteiger partial charge is 0.225 e. The van der Waals surface area contributed by atoms with E-state index in [-0.39, 0.29) is 6.61 Å². The highest BCUT2D eigenvalue weighted by Crippen LogP contribution is 2.47. The number of benzene rings is 1. The van der Waals surface area contributed by atoms with E-state index >= 15 is 0 Å². The number of halogens is 1. The lowest BCUT2D eigenvalue weighted by Crippen LogP contribution is -2.62. The third kappa shape index (κ3) is 3.85. The topological polar surface area (TPSA) is 82.4 Å². The number of hydrogen-bond donors (Lipinski definition) is 3. The van der Waals surface area contributed by atoms with Crippen molar-refractivity contribution >= 4 is 22.9 Å². The molecule has 2 aromatic rings. The molecule has 2 saturated heterocycles. The van der Waals surface area contributed by atoms with Crippen molar-refractivity contribution < 1.29 is 24.8 Å². The van der Waals surface area contributed by atoms with Crippen LogP contribution in [0.1, 0.15) is 46.2 Å². The van der Waals surface area contributed by atoms with Crippen molar-refractivity contribution in [2.24, 2.45) is 0 Å². The first-order chi connectivity index (χ1) is 14.9. The summed E-state index contributed by atoms with van der Waals surface area (Å²) in [5.41, 5.74) is 2.42. The standard InChI is InChI=1S/C23H28ClNO5S/c1-13-20(26)21(27)22(28)23(30-13)18-9-14(19(24)10-15(18)12-29-23)8-16-4-5-17(31-16)11-25-6-2-3-7-25/h4-5,9-10,13,20-22,26-28H,2-3,6-8,11-12H2,1H3/t13-,20-,21+,22-,23+/m1/s1. The summed E-state index contributed by atoms with van der Waals surface area (Å²) in [4.78, 5) is 5.06. The van der Waals surface area contributed by atoms with Gasteiger partial charge in [-0.15, -0.1) is 11.3 Å². The molecule has 168 valence electrons. The Morgan fingerprint density at radius 1 is 1.13 bits per heavy atom. The summed E-state index contributed by atoms with van der Waals surface area (Å²) in [5.74, 6) is -1.50. The van der Waals surface area contributed by atoms with Crippen molar-refractivity contribution in [2.75, 3.05) is 13.1 Å². The van der Waals surface area contributed by atoms with E-state index in [0.29, 0.717) is 17.0 Å². The van der Waals surface area contributed by atoms with Gasteiger partial charge in [0, 0.05) is 33.3 Å². The average molecular weight is 466 g/mol. The molecule has 5 rings (SSSR count). The fourth-order valence-electron chi connectivity index (χ4n) is 4.90. The molecule has 0 aliphatic carbocycles. The molecule has 1 spiro atoms. The van der Waals surface area contributed by atoms with Gasteiger partial charge in [-0.3, -0.25) is 4.90 Å². The highest BCUT2D eigenvalue weighted by atomic mass is 35.5. The van der Waals surface area contributed by atoms with E-state index in [1.54, 1.807) is 18.3 Å². The van der Waals surface area contributed by atoms with E-state index in [2.05, 4.69) is 17.0 Å². The Hall–Kier alpha value is -1.03. The summed E-state index contributed by atoms with van der Waals surface area (Å²) in [6, 6.07) is 8.13. The minimum absolute atomic E-state index is 0.223. The molecule has 31 heavy (non-hydrogen) atoms. The number of hydrogen-bond acceptors (Lipinski definition) is 7. The molecule has 0 amide bonds. The first-order valence-electron chi connectivity index (χ1n) is 10.8. The molecule has 5 atom stereocenters. The Bertz CT molecular complexity index is 961. The van der Waals surface area contributed by atoms with E-state index in [9.17, 15) is 15.3 Å². The minimum atomic E-state index is -1.50. The molecule has 0 radical (unpaired) electrons. The van der Waals surface area contributed by atoms with Gasteiger partial charge in [0.2, 0.25) is 5.79 Å². The molecule has 0 saturated carbocycles. The van der Waals surface area contributed by atoms with E-state index in [4.69, 9.17) is 21.1 Å². The molecule has 8 heteroatoms. The Morgan fingerprint density at radius 3 is 2.65 bits per heavy atom. The number of likely N-dealkylation sites (tertiary alicyclic amines) is 1. The molecule has 4 heterocycles. The predicted octanol–water partition coefficient (Wildman–Crippen LogP) is 2.77. The molecule has 3 aliphatic heterocycles. The molecule has 3 aliphatic rings. The van der Waals surface area contributed by atoms with Crippen LogP contribution in [0.25, 0.3) is 0 Å². The SMILES string of the molecule is C[C@H]1O[C@]2(OCc3cc(Cl)c(Cc4ccc(CN5CCCC5)s4)cc32)[C@H](O)[C@@H](O)[C@@H]1O. The van der Waals surface area contributed by atoms with Crippen molar-refractivity contribution in [1.82, 2.24) is 4.90 Å². The van der Waals surface area contributed by atoms with Gasteiger partial charge in [0.1, 0.15) is 18.3 Å². The maximum atomic E-state index is 10.8. The Balaban J connectivity index is 1.41. The van der Waals surface area contributed by atoms with Crippen LogP contribution in [0.15, 0.2) is 24.3 Å². The van der Waals surface area contributed by atoms with Gasteiger partial charge >= 0.3 is 0 Å². The number of aliphatic hydroxyl groups excluding tert-OH is 3. The van der Waals surface area contributed by atoms with Crippen LogP contribution >= 0.6 is 22.9 Å². The quantitative estimate of drug-likeness (QED) is 0.644. The molecule has 6 nitrogen and oxygen atoms in total. The summed E-state index contributed by atoms with van der Waals surface area (Å²) >= 11 is 8.39. The zero-order valence-electron chi connectivity index (χ0n) is 17.5. The van der Waals surface area contributed by atoms with Crippen molar-refractivity contribution in [3.63, 3.8) is 0 Å². The maximum Gasteiger partial charge on any atom is 0.225 e. The zero-order chi connectivity index (χ0) is 21.8. The fourth-order valence-corrected chi connectivity index (χ4v) is 6.24. The molecular weight excluding hydrogens is 438 g/mol. The second-order valence-corrected chi connectivity index (χ2v) is 10.5. The van der Waals surface area contributed by atoms with Gasteiger partial charge in [0.25, 0.3) is 0 Å². The van der Waals surface area contributed by atoms with Crippen LogP contribution in [0.4, 0.5) is 0 Å². The minimum Gasteiger partial charge on any atom is -0.388 e. The Morgan fingerprint density at radius 2 is 1.87 bits per heavy atom. The summed E-state index contributed by atoms with van der Waals surface area (Å²) in [7, 11) is 0. The summed E-state index contributed by atoms with van der Waals surface area (Å²) < 4.78 is 11.8. The second-order valence-electron chi connectivity index (χ2n) is 8.83. The van der Waals surface area contributed by atoms with E-state index < -0.39 is 30.2 Å². The Kier molecular flexibility index (Phi) is 5.90. The number of thiophene rings is 1. The second kappa shape index (κ2) is 8.39. The molecule has 3 N–H and O–H groups in total. The maximum absolute atomic E-state index is 10.8.